The first kappa shape index (κ1) is 9.78. The molecular formula is C9H18N2S. The fraction of sp³-hybridized carbons (Fsp3) is 0.889. The van der Waals surface area contributed by atoms with Crippen molar-refractivity contribution in [2.24, 2.45) is 5.92 Å². The van der Waals surface area contributed by atoms with Gasteiger partial charge >= 0.3 is 0 Å². The maximum absolute atomic E-state index is 5.08. The predicted molar refractivity (Wildman–Crippen MR) is 56.2 cm³/mol. The second kappa shape index (κ2) is 4.65. The molecule has 1 fully saturated rings. The molecule has 1 aliphatic rings. The minimum Gasteiger partial charge on any atom is -0.363 e. The first-order valence-electron chi connectivity index (χ1n) is 4.76. The lowest BCUT2D eigenvalue weighted by Crippen LogP contribution is -2.40. The van der Waals surface area contributed by atoms with Gasteiger partial charge in [-0.3, -0.25) is 0 Å². The zero-order chi connectivity index (χ0) is 8.97. The summed E-state index contributed by atoms with van der Waals surface area (Å²) in [5.74, 6) is 0.969. The summed E-state index contributed by atoms with van der Waals surface area (Å²) in [6, 6.07) is 0.532. The summed E-state index contributed by atoms with van der Waals surface area (Å²) < 4.78 is 0. The van der Waals surface area contributed by atoms with E-state index in [2.05, 4.69) is 24.5 Å². The second-order valence-corrected chi connectivity index (χ2v) is 3.99. The lowest BCUT2D eigenvalue weighted by Gasteiger charge is -2.15. The highest BCUT2D eigenvalue weighted by molar-refractivity contribution is 7.80. The van der Waals surface area contributed by atoms with Gasteiger partial charge in [0.1, 0.15) is 0 Å². The van der Waals surface area contributed by atoms with Gasteiger partial charge in [-0.25, -0.2) is 0 Å². The van der Waals surface area contributed by atoms with Crippen molar-refractivity contribution in [2.75, 3.05) is 6.54 Å². The van der Waals surface area contributed by atoms with Gasteiger partial charge < -0.3 is 10.6 Å². The van der Waals surface area contributed by atoms with Crippen molar-refractivity contribution >= 4 is 17.3 Å². The molecule has 12 heavy (non-hydrogen) atoms. The van der Waals surface area contributed by atoms with Gasteiger partial charge in [0.15, 0.2) is 5.11 Å². The molecule has 0 aromatic heterocycles. The summed E-state index contributed by atoms with van der Waals surface area (Å²) >= 11 is 5.08. The van der Waals surface area contributed by atoms with Gasteiger partial charge in [0.2, 0.25) is 0 Å². The molecule has 0 saturated heterocycles. The number of hydrogen-bond donors (Lipinski definition) is 2. The van der Waals surface area contributed by atoms with Crippen LogP contribution in [0.3, 0.4) is 0 Å². The van der Waals surface area contributed by atoms with E-state index >= 15 is 0 Å². The van der Waals surface area contributed by atoms with Crippen molar-refractivity contribution in [2.45, 2.75) is 39.2 Å². The van der Waals surface area contributed by atoms with Gasteiger partial charge in [-0.2, -0.15) is 0 Å². The third-order valence-electron chi connectivity index (χ3n) is 2.10. The van der Waals surface area contributed by atoms with E-state index in [0.717, 1.165) is 17.6 Å². The molecule has 1 saturated carbocycles. The normalized spacial score (nSPS) is 18.5. The maximum Gasteiger partial charge on any atom is 0.166 e. The molecule has 1 atom stereocenters. The summed E-state index contributed by atoms with van der Waals surface area (Å²) in [5, 5.41) is 7.16. The van der Waals surface area contributed by atoms with Gasteiger partial charge in [0.25, 0.3) is 0 Å². The van der Waals surface area contributed by atoms with Crippen LogP contribution in [-0.4, -0.2) is 17.7 Å². The molecular weight excluding hydrogens is 168 g/mol. The van der Waals surface area contributed by atoms with Crippen LogP contribution in [-0.2, 0) is 0 Å². The SMILES string of the molecule is CCNC(=S)NC(C)CC1CC1. The van der Waals surface area contributed by atoms with Crippen LogP contribution in [0.25, 0.3) is 0 Å². The molecule has 1 unspecified atom stereocenters. The van der Waals surface area contributed by atoms with E-state index in [1.807, 2.05) is 0 Å². The van der Waals surface area contributed by atoms with E-state index < -0.39 is 0 Å². The average molecular weight is 186 g/mol. The van der Waals surface area contributed by atoms with E-state index in [1.165, 1.54) is 19.3 Å². The summed E-state index contributed by atoms with van der Waals surface area (Å²) in [6.07, 6.45) is 4.10. The van der Waals surface area contributed by atoms with E-state index in [1.54, 1.807) is 0 Å². The molecule has 0 radical (unpaired) electrons. The molecule has 0 spiro atoms. The number of nitrogens with one attached hydrogen (secondary N) is 2. The molecule has 0 aromatic rings. The van der Waals surface area contributed by atoms with Gasteiger partial charge in [0.05, 0.1) is 0 Å². The third kappa shape index (κ3) is 3.90. The highest BCUT2D eigenvalue weighted by Crippen LogP contribution is 2.33. The predicted octanol–water partition coefficient (Wildman–Crippen LogP) is 1.66. The second-order valence-electron chi connectivity index (χ2n) is 3.58. The number of thiocarbonyl (C=S) groups is 1. The van der Waals surface area contributed by atoms with Crippen molar-refractivity contribution in [1.29, 1.82) is 0 Å². The summed E-state index contributed by atoms with van der Waals surface area (Å²) in [7, 11) is 0. The average Bonchev–Trinajstić information content (AvgIpc) is 2.71. The standard InChI is InChI=1S/C9H18N2S/c1-3-10-9(12)11-7(2)6-8-4-5-8/h7-8H,3-6H2,1-2H3,(H2,10,11,12). The Balaban J connectivity index is 2.06. The molecule has 3 heteroatoms. The molecule has 0 aromatic carbocycles. The topological polar surface area (TPSA) is 24.1 Å². The van der Waals surface area contributed by atoms with Gasteiger partial charge in [-0.05, 0) is 38.4 Å². The fourth-order valence-corrected chi connectivity index (χ4v) is 1.69. The van der Waals surface area contributed by atoms with Crippen LogP contribution in [0.5, 0.6) is 0 Å². The Morgan fingerprint density at radius 1 is 1.58 bits per heavy atom. The van der Waals surface area contributed by atoms with Gasteiger partial charge in [-0.1, -0.05) is 12.8 Å². The molecule has 0 amide bonds. The zero-order valence-electron chi connectivity index (χ0n) is 7.89. The van der Waals surface area contributed by atoms with Gasteiger partial charge in [0, 0.05) is 12.6 Å². The van der Waals surface area contributed by atoms with Crippen LogP contribution in [0.2, 0.25) is 0 Å². The van der Waals surface area contributed by atoms with Crippen LogP contribution in [0.15, 0.2) is 0 Å². The molecule has 0 aliphatic heterocycles. The fourth-order valence-electron chi connectivity index (χ4n) is 1.35. The Bertz CT molecular complexity index is 155. The van der Waals surface area contributed by atoms with Crippen molar-refractivity contribution in [3.05, 3.63) is 0 Å². The summed E-state index contributed by atoms with van der Waals surface area (Å²) in [5.41, 5.74) is 0. The van der Waals surface area contributed by atoms with E-state index in [4.69, 9.17) is 12.2 Å². The van der Waals surface area contributed by atoms with E-state index in [0.29, 0.717) is 6.04 Å². The molecule has 1 aliphatic carbocycles. The van der Waals surface area contributed by atoms with E-state index in [-0.39, 0.29) is 0 Å². The number of rotatable bonds is 4. The van der Waals surface area contributed by atoms with E-state index in [9.17, 15) is 0 Å². The maximum atomic E-state index is 5.08. The van der Waals surface area contributed by atoms with Crippen molar-refractivity contribution < 1.29 is 0 Å². The first-order valence-corrected chi connectivity index (χ1v) is 5.17. The number of hydrogen-bond acceptors (Lipinski definition) is 1. The lowest BCUT2D eigenvalue weighted by atomic mass is 10.2. The molecule has 0 bridgehead atoms. The largest absolute Gasteiger partial charge is 0.363 e. The quantitative estimate of drug-likeness (QED) is 0.653. The Labute approximate surface area is 80.1 Å². The van der Waals surface area contributed by atoms with Crippen LogP contribution in [0, 0.1) is 5.92 Å². The van der Waals surface area contributed by atoms with Crippen molar-refractivity contribution in [1.82, 2.24) is 10.6 Å². The molecule has 1 rings (SSSR count). The summed E-state index contributed by atoms with van der Waals surface area (Å²) in [6.45, 7) is 5.16. The first-order chi connectivity index (χ1) is 5.72. The Morgan fingerprint density at radius 3 is 2.75 bits per heavy atom. The smallest absolute Gasteiger partial charge is 0.166 e. The van der Waals surface area contributed by atoms with Crippen LogP contribution < -0.4 is 10.6 Å². The van der Waals surface area contributed by atoms with Crippen molar-refractivity contribution in [3.8, 4) is 0 Å². The minimum absolute atomic E-state index is 0.532. The third-order valence-corrected chi connectivity index (χ3v) is 2.36. The molecule has 2 nitrogen and oxygen atoms in total. The zero-order valence-corrected chi connectivity index (χ0v) is 8.71. The monoisotopic (exact) mass is 186 g/mol. The van der Waals surface area contributed by atoms with Crippen LogP contribution in [0.1, 0.15) is 33.1 Å². The Kier molecular flexibility index (Phi) is 3.79. The highest BCUT2D eigenvalue weighted by atomic mass is 32.1. The Morgan fingerprint density at radius 2 is 2.25 bits per heavy atom. The molecule has 70 valence electrons. The minimum atomic E-state index is 0.532. The van der Waals surface area contributed by atoms with Gasteiger partial charge in [-0.15, -0.1) is 0 Å². The Hall–Kier alpha value is -0.310. The lowest BCUT2D eigenvalue weighted by molar-refractivity contribution is 0.559. The van der Waals surface area contributed by atoms with Crippen LogP contribution >= 0.6 is 12.2 Å². The summed E-state index contributed by atoms with van der Waals surface area (Å²) in [4.78, 5) is 0. The highest BCUT2D eigenvalue weighted by Gasteiger charge is 2.23. The van der Waals surface area contributed by atoms with Crippen molar-refractivity contribution in [3.63, 3.8) is 0 Å². The molecule has 2 N–H and O–H groups in total. The van der Waals surface area contributed by atoms with Crippen LogP contribution in [0.4, 0.5) is 0 Å². The molecule has 0 heterocycles.